The molecular weight excluding hydrogens is 344 g/mol. The Kier molecular flexibility index (Phi) is 5.58. The molecule has 0 saturated heterocycles. The van der Waals surface area contributed by atoms with Gasteiger partial charge in [0.15, 0.2) is 0 Å². The maximum absolute atomic E-state index is 4.96. The highest BCUT2D eigenvalue weighted by Gasteiger charge is 2.15. The molecule has 5 heteroatoms. The van der Waals surface area contributed by atoms with Gasteiger partial charge in [-0.2, -0.15) is 4.33 Å². The first kappa shape index (κ1) is 17.6. The third-order valence-corrected chi connectivity index (χ3v) is 5.81. The molecule has 4 nitrogen and oxygen atoms in total. The van der Waals surface area contributed by atoms with Crippen LogP contribution >= 0.6 is 12.0 Å². The van der Waals surface area contributed by atoms with Crippen molar-refractivity contribution in [3.05, 3.63) is 48.7 Å². The van der Waals surface area contributed by atoms with Gasteiger partial charge in [0.25, 0.3) is 0 Å². The van der Waals surface area contributed by atoms with Crippen LogP contribution < -0.4 is 0 Å². The van der Waals surface area contributed by atoms with Gasteiger partial charge in [0, 0.05) is 28.6 Å². The lowest BCUT2D eigenvalue weighted by Gasteiger charge is -2.22. The lowest BCUT2D eigenvalue weighted by molar-refractivity contribution is -0.160. The van der Waals surface area contributed by atoms with Crippen LogP contribution in [0.5, 0.6) is 0 Å². The van der Waals surface area contributed by atoms with Gasteiger partial charge < -0.3 is 4.57 Å². The van der Waals surface area contributed by atoms with E-state index in [-0.39, 0.29) is 0 Å². The Labute approximate surface area is 158 Å². The molecule has 0 amide bonds. The van der Waals surface area contributed by atoms with E-state index in [2.05, 4.69) is 46.0 Å². The first-order chi connectivity index (χ1) is 12.8. The van der Waals surface area contributed by atoms with Crippen LogP contribution in [-0.4, -0.2) is 16.7 Å². The molecule has 0 spiro atoms. The molecular formula is C21H24N2O2S. The Morgan fingerprint density at radius 3 is 2.62 bits per heavy atom. The number of rotatable bonds is 6. The predicted molar refractivity (Wildman–Crippen MR) is 106 cm³/mol. The lowest BCUT2D eigenvalue weighted by Crippen LogP contribution is -2.13. The number of benzene rings is 1. The summed E-state index contributed by atoms with van der Waals surface area (Å²) >= 11 is 1.20. The Morgan fingerprint density at radius 1 is 1.04 bits per heavy atom. The highest BCUT2D eigenvalue weighted by molar-refractivity contribution is 7.94. The molecule has 1 aliphatic carbocycles. The van der Waals surface area contributed by atoms with E-state index in [4.69, 9.17) is 9.32 Å². The fourth-order valence-electron chi connectivity index (χ4n) is 3.77. The smallest absolute Gasteiger partial charge is 0.140 e. The second kappa shape index (κ2) is 8.25. The molecule has 4 rings (SSSR count). The Morgan fingerprint density at radius 2 is 1.85 bits per heavy atom. The van der Waals surface area contributed by atoms with Gasteiger partial charge >= 0.3 is 0 Å². The molecule has 1 aliphatic rings. The van der Waals surface area contributed by atoms with Crippen LogP contribution in [0.25, 0.3) is 22.3 Å². The number of hydrogen-bond acceptors (Lipinski definition) is 4. The van der Waals surface area contributed by atoms with Gasteiger partial charge in [-0.1, -0.05) is 31.4 Å². The number of fused-ring (bicyclic) bond motifs is 1. The van der Waals surface area contributed by atoms with Crippen LogP contribution in [0.1, 0.15) is 32.1 Å². The Hall–Kier alpha value is -1.82. The zero-order valence-corrected chi connectivity index (χ0v) is 15.9. The summed E-state index contributed by atoms with van der Waals surface area (Å²) in [4.78, 5) is 10.6. The maximum Gasteiger partial charge on any atom is 0.140 e. The minimum Gasteiger partial charge on any atom is -0.332 e. The molecule has 1 fully saturated rings. The van der Waals surface area contributed by atoms with E-state index in [0.29, 0.717) is 0 Å². The topological polar surface area (TPSA) is 36.3 Å². The molecule has 136 valence electrons. The number of pyridine rings is 1. The summed E-state index contributed by atoms with van der Waals surface area (Å²) in [6, 6.07) is 14.6. The highest BCUT2D eigenvalue weighted by Crippen LogP contribution is 2.28. The van der Waals surface area contributed by atoms with E-state index in [1.807, 2.05) is 12.1 Å². The van der Waals surface area contributed by atoms with Crippen molar-refractivity contribution in [1.82, 2.24) is 9.55 Å². The molecule has 0 radical (unpaired) electrons. The van der Waals surface area contributed by atoms with E-state index in [9.17, 15) is 0 Å². The number of aromatic nitrogens is 2. The minimum atomic E-state index is 0.793. The van der Waals surface area contributed by atoms with E-state index in [1.54, 1.807) is 0 Å². The standard InChI is InChI=1S/C21H24N2O2S/c1-24-25-26-19-10-7-17(8-11-19)20-12-9-18-13-14-23(21(18)22-20)15-16-5-3-2-4-6-16/h7-14,16H,2-6,15H2,1H3. The molecule has 26 heavy (non-hydrogen) atoms. The van der Waals surface area contributed by atoms with Crippen LogP contribution in [-0.2, 0) is 15.8 Å². The summed E-state index contributed by atoms with van der Waals surface area (Å²) in [5, 5.41) is 1.21. The van der Waals surface area contributed by atoms with Crippen molar-refractivity contribution in [2.75, 3.05) is 7.11 Å². The van der Waals surface area contributed by atoms with Gasteiger partial charge in [-0.15, -0.1) is 0 Å². The van der Waals surface area contributed by atoms with Gasteiger partial charge in [-0.05, 0) is 49.1 Å². The SMILES string of the molecule is COOSc1ccc(-c2ccc3ccn(CC4CCCCC4)c3n2)cc1. The molecule has 3 aromatic rings. The fourth-order valence-corrected chi connectivity index (χ4v) is 4.16. The average molecular weight is 369 g/mol. The van der Waals surface area contributed by atoms with Crippen molar-refractivity contribution in [2.45, 2.75) is 43.5 Å². The molecule has 0 atom stereocenters. The number of nitrogens with zero attached hydrogens (tertiary/aromatic N) is 2. The Bertz CT molecular complexity index is 854. The van der Waals surface area contributed by atoms with Crippen LogP contribution in [0.2, 0.25) is 0 Å². The molecule has 0 unspecified atom stereocenters. The summed E-state index contributed by atoms with van der Waals surface area (Å²) < 4.78 is 7.24. The summed E-state index contributed by atoms with van der Waals surface area (Å²) in [7, 11) is 1.50. The molecule has 2 heterocycles. The van der Waals surface area contributed by atoms with Gasteiger partial charge in [0.05, 0.1) is 24.8 Å². The van der Waals surface area contributed by atoms with E-state index < -0.39 is 0 Å². The highest BCUT2D eigenvalue weighted by atomic mass is 32.2. The average Bonchev–Trinajstić information content (AvgIpc) is 3.09. The monoisotopic (exact) mass is 368 g/mol. The van der Waals surface area contributed by atoms with Gasteiger partial charge in [-0.3, -0.25) is 0 Å². The van der Waals surface area contributed by atoms with Crippen molar-refractivity contribution >= 4 is 23.1 Å². The predicted octanol–water partition coefficient (Wildman–Crippen LogP) is 5.87. The lowest BCUT2D eigenvalue weighted by atomic mass is 9.89. The van der Waals surface area contributed by atoms with E-state index in [1.165, 1.54) is 56.6 Å². The molecule has 1 aromatic carbocycles. The third kappa shape index (κ3) is 3.95. The van der Waals surface area contributed by atoms with E-state index in [0.717, 1.165) is 34.3 Å². The Balaban J connectivity index is 1.57. The maximum atomic E-state index is 4.96. The number of hydrogen-bond donors (Lipinski definition) is 0. The first-order valence-corrected chi connectivity index (χ1v) is 10.0. The van der Waals surface area contributed by atoms with Crippen molar-refractivity contribution in [3.8, 4) is 11.3 Å². The second-order valence-electron chi connectivity index (χ2n) is 6.92. The summed E-state index contributed by atoms with van der Waals surface area (Å²) in [5.74, 6) is 0.793. The fraction of sp³-hybridized carbons (Fsp3) is 0.381. The molecule has 0 bridgehead atoms. The zero-order valence-electron chi connectivity index (χ0n) is 15.1. The molecule has 0 aliphatic heterocycles. The van der Waals surface area contributed by atoms with Crippen LogP contribution in [0.4, 0.5) is 0 Å². The van der Waals surface area contributed by atoms with Gasteiger partial charge in [0.1, 0.15) is 5.65 Å². The summed E-state index contributed by atoms with van der Waals surface area (Å²) in [6.45, 7) is 1.09. The molecule has 2 aromatic heterocycles. The zero-order chi connectivity index (χ0) is 17.8. The summed E-state index contributed by atoms with van der Waals surface area (Å²) in [6.07, 6.45) is 9.04. The summed E-state index contributed by atoms with van der Waals surface area (Å²) in [5.41, 5.74) is 3.21. The third-order valence-electron chi connectivity index (χ3n) is 5.14. The van der Waals surface area contributed by atoms with Crippen molar-refractivity contribution in [2.24, 2.45) is 5.92 Å². The molecule has 1 saturated carbocycles. The van der Waals surface area contributed by atoms with Crippen molar-refractivity contribution < 1.29 is 9.22 Å². The first-order valence-electron chi connectivity index (χ1n) is 9.27. The normalized spacial score (nSPS) is 15.6. The second-order valence-corrected chi connectivity index (χ2v) is 7.70. The quantitative estimate of drug-likeness (QED) is 0.310. The van der Waals surface area contributed by atoms with Crippen LogP contribution in [0.15, 0.2) is 53.6 Å². The van der Waals surface area contributed by atoms with Gasteiger partial charge in [0.2, 0.25) is 0 Å². The van der Waals surface area contributed by atoms with Crippen molar-refractivity contribution in [3.63, 3.8) is 0 Å². The van der Waals surface area contributed by atoms with Gasteiger partial charge in [-0.25, -0.2) is 9.87 Å². The minimum absolute atomic E-state index is 0.793. The van der Waals surface area contributed by atoms with Crippen LogP contribution in [0, 0.1) is 5.92 Å². The largest absolute Gasteiger partial charge is 0.332 e. The van der Waals surface area contributed by atoms with E-state index >= 15 is 0 Å². The van der Waals surface area contributed by atoms with Crippen LogP contribution in [0.3, 0.4) is 0 Å². The van der Waals surface area contributed by atoms with Crippen molar-refractivity contribution in [1.29, 1.82) is 0 Å². The molecule has 0 N–H and O–H groups in total.